The second-order valence-corrected chi connectivity index (χ2v) is 6.54. The van der Waals surface area contributed by atoms with Crippen molar-refractivity contribution in [2.24, 2.45) is 4.99 Å². The zero-order chi connectivity index (χ0) is 19.6. The van der Waals surface area contributed by atoms with Crippen LogP contribution in [0.1, 0.15) is 12.1 Å². The van der Waals surface area contributed by atoms with E-state index in [9.17, 15) is 0 Å². The quantitative estimate of drug-likeness (QED) is 0.261. The number of ether oxygens (including phenoxy) is 1. The van der Waals surface area contributed by atoms with Crippen molar-refractivity contribution in [3.63, 3.8) is 0 Å². The summed E-state index contributed by atoms with van der Waals surface area (Å²) in [5, 5.41) is 11.6. The summed E-state index contributed by atoms with van der Waals surface area (Å²) in [7, 11) is 1.72. The largest absolute Gasteiger partial charge is 0.495 e. The second kappa shape index (κ2) is 10.3. The number of nitrogens with zero attached hydrogens (tertiary/aromatic N) is 5. The summed E-state index contributed by atoms with van der Waals surface area (Å²) in [5.74, 6) is 1.46. The number of benzene rings is 1. The molecule has 1 saturated heterocycles. The van der Waals surface area contributed by atoms with E-state index < -0.39 is 0 Å². The number of piperazine rings is 1. The van der Waals surface area contributed by atoms with Gasteiger partial charge in [0.15, 0.2) is 12.0 Å². The van der Waals surface area contributed by atoms with Crippen LogP contribution in [0.4, 0.5) is 5.69 Å². The second-order valence-electron chi connectivity index (χ2n) is 6.54. The lowest BCUT2D eigenvalue weighted by Gasteiger charge is -2.36. The van der Waals surface area contributed by atoms with Gasteiger partial charge in [0.1, 0.15) is 11.4 Å². The molecule has 3 rings (SSSR count). The number of para-hydroxylation sites is 2. The van der Waals surface area contributed by atoms with E-state index in [0.29, 0.717) is 18.1 Å². The van der Waals surface area contributed by atoms with Gasteiger partial charge in [0.2, 0.25) is 0 Å². The van der Waals surface area contributed by atoms with Crippen LogP contribution in [-0.2, 0) is 0 Å². The van der Waals surface area contributed by atoms with Crippen LogP contribution < -0.4 is 15.0 Å². The third-order valence-electron chi connectivity index (χ3n) is 4.78. The van der Waals surface area contributed by atoms with Crippen molar-refractivity contribution in [1.82, 2.24) is 15.2 Å². The Morgan fingerprint density at radius 1 is 1.18 bits per heavy atom. The van der Waals surface area contributed by atoms with E-state index in [1.165, 1.54) is 0 Å². The average molecular weight is 378 g/mol. The molecule has 0 amide bonds. The molecule has 0 atom stereocenters. The molecule has 1 aromatic heterocycles. The van der Waals surface area contributed by atoms with E-state index in [1.807, 2.05) is 36.5 Å². The molecule has 146 valence electrons. The van der Waals surface area contributed by atoms with E-state index in [4.69, 9.17) is 10.00 Å². The van der Waals surface area contributed by atoms with E-state index >= 15 is 0 Å². The number of pyridine rings is 1. The number of nitrogens with one attached hydrogen (secondary N) is 1. The average Bonchev–Trinajstić information content (AvgIpc) is 2.77. The van der Waals surface area contributed by atoms with Gasteiger partial charge >= 0.3 is 0 Å². The van der Waals surface area contributed by atoms with Gasteiger partial charge in [-0.25, -0.2) is 0 Å². The Labute approximate surface area is 166 Å². The minimum atomic E-state index is 0.532. The first-order valence-corrected chi connectivity index (χ1v) is 9.53. The number of anilines is 1. The predicted octanol–water partition coefficient (Wildman–Crippen LogP) is 2.12. The number of amidine groups is 1. The number of hydrogen-bond acceptors (Lipinski definition) is 6. The van der Waals surface area contributed by atoms with Gasteiger partial charge in [-0.3, -0.25) is 20.2 Å². The summed E-state index contributed by atoms with van der Waals surface area (Å²) in [6.07, 6.45) is 4.58. The summed E-state index contributed by atoms with van der Waals surface area (Å²) in [5.41, 5.74) is 1.85. The molecule has 7 nitrogen and oxygen atoms in total. The van der Waals surface area contributed by atoms with Gasteiger partial charge in [0.25, 0.3) is 0 Å². The fourth-order valence-corrected chi connectivity index (χ4v) is 3.33. The number of hydrogen-bond donors (Lipinski definition) is 1. The van der Waals surface area contributed by atoms with E-state index in [1.54, 1.807) is 13.3 Å². The highest BCUT2D eigenvalue weighted by Crippen LogP contribution is 2.28. The SMILES string of the molecule is COc1ccccc1N1CCN(CCCN=C(NC#N)c2ccccn2)CC1. The molecule has 28 heavy (non-hydrogen) atoms. The smallest absolute Gasteiger partial charge is 0.182 e. The van der Waals surface area contributed by atoms with Crippen molar-refractivity contribution in [2.45, 2.75) is 6.42 Å². The Morgan fingerprint density at radius 3 is 2.68 bits per heavy atom. The fraction of sp³-hybridized carbons (Fsp3) is 0.381. The van der Waals surface area contributed by atoms with Gasteiger partial charge in [-0.1, -0.05) is 18.2 Å². The highest BCUT2D eigenvalue weighted by atomic mass is 16.5. The Hall–Kier alpha value is -3.11. The highest BCUT2D eigenvalue weighted by Gasteiger charge is 2.19. The zero-order valence-electron chi connectivity index (χ0n) is 16.2. The first-order chi connectivity index (χ1) is 13.8. The molecule has 0 unspecified atom stereocenters. The molecular weight excluding hydrogens is 352 g/mol. The lowest BCUT2D eigenvalue weighted by molar-refractivity contribution is 0.255. The minimum absolute atomic E-state index is 0.532. The number of methoxy groups -OCH3 is 1. The first kappa shape index (κ1) is 19.6. The van der Waals surface area contributed by atoms with Crippen molar-refractivity contribution < 1.29 is 4.74 Å². The first-order valence-electron chi connectivity index (χ1n) is 9.53. The van der Waals surface area contributed by atoms with E-state index in [2.05, 4.69) is 37.2 Å². The maximum atomic E-state index is 8.92. The Morgan fingerprint density at radius 2 is 1.96 bits per heavy atom. The predicted molar refractivity (Wildman–Crippen MR) is 111 cm³/mol. The molecule has 1 aromatic carbocycles. The summed E-state index contributed by atoms with van der Waals surface area (Å²) in [6.45, 7) is 5.66. The number of aliphatic imine (C=N–C) groups is 1. The maximum Gasteiger partial charge on any atom is 0.182 e. The molecular formula is C21H26N6O. The van der Waals surface area contributed by atoms with Crippen molar-refractivity contribution in [1.29, 1.82) is 5.26 Å². The van der Waals surface area contributed by atoms with Crippen LogP contribution >= 0.6 is 0 Å². The number of nitriles is 1. The molecule has 0 saturated carbocycles. The summed E-state index contributed by atoms with van der Waals surface area (Å²) < 4.78 is 5.48. The molecule has 2 aromatic rings. The third kappa shape index (κ3) is 5.21. The zero-order valence-corrected chi connectivity index (χ0v) is 16.2. The van der Waals surface area contributed by atoms with Crippen LogP contribution in [0.3, 0.4) is 0 Å². The Balaban J connectivity index is 1.46. The lowest BCUT2D eigenvalue weighted by atomic mass is 10.2. The molecule has 0 spiro atoms. The van der Waals surface area contributed by atoms with Gasteiger partial charge in [-0.2, -0.15) is 5.26 Å². The summed E-state index contributed by atoms with van der Waals surface area (Å²) >= 11 is 0. The molecule has 1 aliphatic rings. The van der Waals surface area contributed by atoms with Gasteiger partial charge in [-0.05, 0) is 30.7 Å². The maximum absolute atomic E-state index is 8.92. The molecule has 0 aliphatic carbocycles. The molecule has 1 fully saturated rings. The van der Waals surface area contributed by atoms with Crippen LogP contribution in [0.2, 0.25) is 0 Å². The molecule has 1 N–H and O–H groups in total. The Bertz CT molecular complexity index is 809. The van der Waals surface area contributed by atoms with Crippen LogP contribution in [0.25, 0.3) is 0 Å². The van der Waals surface area contributed by atoms with Crippen LogP contribution in [0.15, 0.2) is 53.7 Å². The van der Waals surface area contributed by atoms with Gasteiger partial charge in [0, 0.05) is 45.5 Å². The molecule has 0 bridgehead atoms. The monoisotopic (exact) mass is 378 g/mol. The third-order valence-corrected chi connectivity index (χ3v) is 4.78. The van der Waals surface area contributed by atoms with Crippen molar-refractivity contribution >= 4 is 11.5 Å². The van der Waals surface area contributed by atoms with Gasteiger partial charge < -0.3 is 9.64 Å². The van der Waals surface area contributed by atoms with Crippen LogP contribution in [0.5, 0.6) is 5.75 Å². The van der Waals surface area contributed by atoms with E-state index in [0.717, 1.165) is 50.6 Å². The highest BCUT2D eigenvalue weighted by molar-refractivity contribution is 5.97. The van der Waals surface area contributed by atoms with Gasteiger partial charge in [0.05, 0.1) is 12.8 Å². The Kier molecular flexibility index (Phi) is 7.21. The van der Waals surface area contributed by atoms with Crippen LogP contribution in [0, 0.1) is 11.5 Å². The molecule has 2 heterocycles. The molecule has 0 radical (unpaired) electrons. The van der Waals surface area contributed by atoms with Gasteiger partial charge in [-0.15, -0.1) is 0 Å². The topological polar surface area (TPSA) is 76.8 Å². The molecule has 7 heteroatoms. The van der Waals surface area contributed by atoms with Crippen molar-refractivity contribution in [2.75, 3.05) is 51.3 Å². The van der Waals surface area contributed by atoms with E-state index in [-0.39, 0.29) is 0 Å². The van der Waals surface area contributed by atoms with Crippen molar-refractivity contribution in [3.05, 3.63) is 54.4 Å². The lowest BCUT2D eigenvalue weighted by Crippen LogP contribution is -2.46. The fourth-order valence-electron chi connectivity index (χ4n) is 3.33. The summed E-state index contributed by atoms with van der Waals surface area (Å²) in [6, 6.07) is 13.8. The number of rotatable bonds is 7. The standard InChI is InChI=1S/C21H26N6O/c1-28-20-9-3-2-8-19(20)27-15-13-26(14-16-27)12-6-11-24-21(25-17-22)18-7-4-5-10-23-18/h2-5,7-10H,6,11-16H2,1H3,(H,24,25). The molecule has 1 aliphatic heterocycles. The minimum Gasteiger partial charge on any atom is -0.495 e. The summed E-state index contributed by atoms with van der Waals surface area (Å²) in [4.78, 5) is 13.6. The normalized spacial score (nSPS) is 15.1. The van der Waals surface area contributed by atoms with Crippen molar-refractivity contribution in [3.8, 4) is 11.9 Å². The van der Waals surface area contributed by atoms with Crippen LogP contribution in [-0.4, -0.2) is 62.1 Å². The number of aromatic nitrogens is 1.